The summed E-state index contributed by atoms with van der Waals surface area (Å²) < 4.78 is 5.17. The number of hydrogen-bond acceptors (Lipinski definition) is 4. The highest BCUT2D eigenvalue weighted by atomic mass is 32.2. The van der Waals surface area contributed by atoms with Gasteiger partial charge in [-0.1, -0.05) is 25.0 Å². The summed E-state index contributed by atoms with van der Waals surface area (Å²) in [5.41, 5.74) is 1.28. The molecule has 1 aliphatic rings. The molecule has 1 amide bonds. The third kappa shape index (κ3) is 5.47. The zero-order valence-electron chi connectivity index (χ0n) is 13.6. The van der Waals surface area contributed by atoms with E-state index in [9.17, 15) is 4.79 Å². The number of carbonyl (C=O) groups is 1. The molecular formula is C18H24N2O2S. The molecule has 1 aromatic carbocycles. The SMILES string of the molecule is COc1ccc(CSC[C@@H]2CCCC[C@H]2C(=O)NCC#N)cc1. The molecule has 5 heteroatoms. The van der Waals surface area contributed by atoms with E-state index >= 15 is 0 Å². The molecule has 23 heavy (non-hydrogen) atoms. The number of nitrogens with one attached hydrogen (secondary N) is 1. The first-order chi connectivity index (χ1) is 11.2. The average Bonchev–Trinajstić information content (AvgIpc) is 2.60. The van der Waals surface area contributed by atoms with Gasteiger partial charge in [-0.3, -0.25) is 4.79 Å². The van der Waals surface area contributed by atoms with Gasteiger partial charge in [-0.05, 0) is 42.2 Å². The van der Waals surface area contributed by atoms with Crippen LogP contribution in [0.3, 0.4) is 0 Å². The molecule has 1 saturated carbocycles. The van der Waals surface area contributed by atoms with Gasteiger partial charge in [0.1, 0.15) is 12.3 Å². The highest BCUT2D eigenvalue weighted by Gasteiger charge is 2.30. The lowest BCUT2D eigenvalue weighted by molar-refractivity contribution is -0.127. The number of thioether (sulfide) groups is 1. The van der Waals surface area contributed by atoms with Crippen LogP contribution < -0.4 is 10.1 Å². The lowest BCUT2D eigenvalue weighted by Crippen LogP contribution is -2.37. The summed E-state index contributed by atoms with van der Waals surface area (Å²) in [6, 6.07) is 10.1. The monoisotopic (exact) mass is 332 g/mol. The van der Waals surface area contributed by atoms with Crippen molar-refractivity contribution >= 4 is 17.7 Å². The van der Waals surface area contributed by atoms with Crippen molar-refractivity contribution in [1.82, 2.24) is 5.32 Å². The fraction of sp³-hybridized carbons (Fsp3) is 0.556. The van der Waals surface area contributed by atoms with E-state index in [4.69, 9.17) is 10.00 Å². The van der Waals surface area contributed by atoms with Crippen molar-refractivity contribution in [1.29, 1.82) is 5.26 Å². The van der Waals surface area contributed by atoms with Crippen LogP contribution in [0.15, 0.2) is 24.3 Å². The number of nitrogens with zero attached hydrogens (tertiary/aromatic N) is 1. The van der Waals surface area contributed by atoms with Gasteiger partial charge < -0.3 is 10.1 Å². The van der Waals surface area contributed by atoms with Crippen LogP contribution in [-0.2, 0) is 10.5 Å². The summed E-state index contributed by atoms with van der Waals surface area (Å²) in [6.45, 7) is 0.112. The van der Waals surface area contributed by atoms with E-state index in [1.807, 2.05) is 30.0 Å². The first-order valence-electron chi connectivity index (χ1n) is 8.10. The zero-order valence-corrected chi connectivity index (χ0v) is 14.4. The first-order valence-corrected chi connectivity index (χ1v) is 9.25. The molecule has 4 nitrogen and oxygen atoms in total. The van der Waals surface area contributed by atoms with Crippen LogP contribution in [0, 0.1) is 23.2 Å². The Morgan fingerprint density at radius 3 is 2.78 bits per heavy atom. The van der Waals surface area contributed by atoms with Crippen LogP contribution in [0.25, 0.3) is 0 Å². The second kappa shape index (κ2) is 9.46. The van der Waals surface area contributed by atoms with Crippen LogP contribution in [0.4, 0.5) is 0 Å². The van der Waals surface area contributed by atoms with Crippen molar-refractivity contribution in [3.05, 3.63) is 29.8 Å². The fourth-order valence-electron chi connectivity index (χ4n) is 3.06. The molecule has 1 aromatic rings. The van der Waals surface area contributed by atoms with E-state index in [2.05, 4.69) is 17.4 Å². The standard InChI is InChI=1S/C18H24N2O2S/c1-22-16-8-6-14(7-9-16)12-23-13-15-4-2-3-5-17(15)18(21)20-11-10-19/h6-9,15,17H,2-5,11-13H2,1H3,(H,20,21)/t15-,17+/m0/s1. The maximum atomic E-state index is 12.2. The number of methoxy groups -OCH3 is 1. The third-order valence-corrected chi connectivity index (χ3v) is 5.55. The molecule has 0 radical (unpaired) electrons. The Bertz CT molecular complexity index is 539. The second-order valence-corrected chi connectivity index (χ2v) is 6.92. The molecule has 0 aromatic heterocycles. The van der Waals surface area contributed by atoms with Gasteiger partial charge >= 0.3 is 0 Å². The van der Waals surface area contributed by atoms with Crippen molar-refractivity contribution in [3.63, 3.8) is 0 Å². The molecule has 0 heterocycles. The topological polar surface area (TPSA) is 62.1 Å². The Labute approximate surface area is 142 Å². The van der Waals surface area contributed by atoms with Gasteiger partial charge in [-0.25, -0.2) is 0 Å². The van der Waals surface area contributed by atoms with Crippen molar-refractivity contribution in [2.75, 3.05) is 19.4 Å². The molecule has 2 rings (SSSR count). The maximum absolute atomic E-state index is 12.2. The van der Waals surface area contributed by atoms with Gasteiger partial charge in [-0.15, -0.1) is 0 Å². The van der Waals surface area contributed by atoms with Gasteiger partial charge in [0.2, 0.25) is 5.91 Å². The normalized spacial score (nSPS) is 20.5. The predicted molar refractivity (Wildman–Crippen MR) is 93.2 cm³/mol. The summed E-state index contributed by atoms with van der Waals surface area (Å²) in [6.07, 6.45) is 4.38. The fourth-order valence-corrected chi connectivity index (χ4v) is 4.31. The van der Waals surface area contributed by atoms with E-state index in [1.54, 1.807) is 7.11 Å². The average molecular weight is 332 g/mol. The summed E-state index contributed by atoms with van der Waals surface area (Å²) in [5, 5.41) is 11.3. The molecule has 0 aliphatic heterocycles. The van der Waals surface area contributed by atoms with Gasteiger partial charge in [-0.2, -0.15) is 17.0 Å². The van der Waals surface area contributed by atoms with Crippen molar-refractivity contribution < 1.29 is 9.53 Å². The minimum atomic E-state index is 0.0568. The summed E-state index contributed by atoms with van der Waals surface area (Å²) in [5.74, 6) is 3.37. The van der Waals surface area contributed by atoms with Crippen LogP contribution in [0.2, 0.25) is 0 Å². The third-order valence-electron chi connectivity index (χ3n) is 4.35. The van der Waals surface area contributed by atoms with Gasteiger partial charge in [0.05, 0.1) is 13.2 Å². The molecule has 1 fully saturated rings. The van der Waals surface area contributed by atoms with Crippen LogP contribution in [0.1, 0.15) is 31.2 Å². The molecule has 0 unspecified atom stereocenters. The molecule has 124 valence electrons. The molecule has 0 spiro atoms. The highest BCUT2D eigenvalue weighted by Crippen LogP contribution is 2.33. The number of rotatable bonds is 7. The Hall–Kier alpha value is -1.67. The van der Waals surface area contributed by atoms with Crippen molar-refractivity contribution in [2.45, 2.75) is 31.4 Å². The number of amides is 1. The quantitative estimate of drug-likeness (QED) is 0.778. The Morgan fingerprint density at radius 2 is 2.09 bits per heavy atom. The lowest BCUT2D eigenvalue weighted by Gasteiger charge is -2.30. The number of nitriles is 1. The zero-order chi connectivity index (χ0) is 16.5. The Kier molecular flexibility index (Phi) is 7.28. The minimum Gasteiger partial charge on any atom is -0.497 e. The first kappa shape index (κ1) is 17.7. The highest BCUT2D eigenvalue weighted by molar-refractivity contribution is 7.98. The lowest BCUT2D eigenvalue weighted by atomic mass is 9.80. The summed E-state index contributed by atoms with van der Waals surface area (Å²) >= 11 is 1.89. The molecule has 2 atom stereocenters. The van der Waals surface area contributed by atoms with E-state index in [1.165, 1.54) is 12.0 Å². The van der Waals surface area contributed by atoms with E-state index < -0.39 is 0 Å². The van der Waals surface area contributed by atoms with Crippen LogP contribution >= 0.6 is 11.8 Å². The van der Waals surface area contributed by atoms with E-state index in [-0.39, 0.29) is 18.4 Å². The number of carbonyl (C=O) groups excluding carboxylic acids is 1. The second-order valence-electron chi connectivity index (χ2n) is 5.89. The van der Waals surface area contributed by atoms with Gasteiger partial charge in [0.25, 0.3) is 0 Å². The van der Waals surface area contributed by atoms with Crippen LogP contribution in [-0.4, -0.2) is 25.3 Å². The van der Waals surface area contributed by atoms with Crippen LogP contribution in [0.5, 0.6) is 5.75 Å². The Morgan fingerprint density at radius 1 is 1.35 bits per heavy atom. The molecular weight excluding hydrogens is 308 g/mol. The summed E-state index contributed by atoms with van der Waals surface area (Å²) in [4.78, 5) is 12.2. The van der Waals surface area contributed by atoms with Gasteiger partial charge in [0.15, 0.2) is 0 Å². The number of benzene rings is 1. The predicted octanol–water partition coefficient (Wildman–Crippen LogP) is 3.37. The molecule has 0 bridgehead atoms. The molecule has 1 N–H and O–H groups in total. The van der Waals surface area contributed by atoms with Crippen molar-refractivity contribution in [3.8, 4) is 11.8 Å². The smallest absolute Gasteiger partial charge is 0.224 e. The largest absolute Gasteiger partial charge is 0.497 e. The number of ether oxygens (including phenoxy) is 1. The minimum absolute atomic E-state index is 0.0568. The van der Waals surface area contributed by atoms with Crippen molar-refractivity contribution in [2.24, 2.45) is 11.8 Å². The summed E-state index contributed by atoms with van der Waals surface area (Å²) in [7, 11) is 1.67. The van der Waals surface area contributed by atoms with Gasteiger partial charge in [0, 0.05) is 11.7 Å². The van der Waals surface area contributed by atoms with E-state index in [0.29, 0.717) is 5.92 Å². The maximum Gasteiger partial charge on any atom is 0.224 e. The number of hydrogen-bond donors (Lipinski definition) is 1. The Balaban J connectivity index is 1.81. The van der Waals surface area contributed by atoms with E-state index in [0.717, 1.165) is 36.5 Å². The molecule has 1 aliphatic carbocycles. The molecule has 0 saturated heterocycles.